The molecule has 0 bridgehead atoms. The lowest BCUT2D eigenvalue weighted by Gasteiger charge is -2.18. The van der Waals surface area contributed by atoms with Gasteiger partial charge in [0, 0.05) is 28.9 Å². The number of aryl methyl sites for hydroxylation is 1. The molecule has 6 nitrogen and oxygen atoms in total. The number of fused-ring (bicyclic) bond motifs is 1. The van der Waals surface area contributed by atoms with Crippen LogP contribution in [-0.2, 0) is 11.2 Å². The molecule has 0 aliphatic carbocycles. The maximum Gasteiger partial charge on any atom is 0.264 e. The van der Waals surface area contributed by atoms with Gasteiger partial charge in [0.25, 0.3) is 11.8 Å². The summed E-state index contributed by atoms with van der Waals surface area (Å²) < 4.78 is 5.82. The Kier molecular flexibility index (Phi) is 6.10. The molecule has 0 radical (unpaired) electrons. The minimum Gasteiger partial charge on any atom is -0.483 e. The second kappa shape index (κ2) is 9.49. The number of anilines is 2. The molecule has 5 rings (SSSR count). The van der Waals surface area contributed by atoms with Gasteiger partial charge in [0.15, 0.2) is 6.61 Å². The Morgan fingerprint density at radius 1 is 1.06 bits per heavy atom. The summed E-state index contributed by atoms with van der Waals surface area (Å²) in [4.78, 5) is 32.1. The molecule has 1 aromatic heterocycles. The van der Waals surface area contributed by atoms with Crippen molar-refractivity contribution >= 4 is 34.5 Å². The average molecular weight is 470 g/mol. The molecular formula is C27H23N3O3S. The maximum atomic E-state index is 13.0. The van der Waals surface area contributed by atoms with Gasteiger partial charge in [-0.2, -0.15) is 0 Å². The summed E-state index contributed by atoms with van der Waals surface area (Å²) in [6.45, 7) is 2.45. The Labute approximate surface area is 201 Å². The summed E-state index contributed by atoms with van der Waals surface area (Å²) in [5.41, 5.74) is 5.12. The fourth-order valence-corrected chi connectivity index (χ4v) is 4.66. The number of carbonyl (C=O) groups excluding carboxylic acids is 2. The molecule has 1 N–H and O–H groups in total. The maximum absolute atomic E-state index is 13.0. The third-order valence-electron chi connectivity index (χ3n) is 5.71. The Bertz CT molecular complexity index is 1350. The zero-order valence-electron chi connectivity index (χ0n) is 18.7. The number of thiazole rings is 1. The van der Waals surface area contributed by atoms with E-state index in [1.54, 1.807) is 40.5 Å². The van der Waals surface area contributed by atoms with Crippen molar-refractivity contribution in [3.63, 3.8) is 0 Å². The summed E-state index contributed by atoms with van der Waals surface area (Å²) in [5.74, 6) is -0.0576. The van der Waals surface area contributed by atoms with Gasteiger partial charge in [0.1, 0.15) is 5.75 Å². The van der Waals surface area contributed by atoms with Crippen molar-refractivity contribution in [3.8, 4) is 17.0 Å². The highest BCUT2D eigenvalue weighted by Crippen LogP contribution is 2.33. The van der Waals surface area contributed by atoms with Crippen molar-refractivity contribution < 1.29 is 14.3 Å². The largest absolute Gasteiger partial charge is 0.483 e. The quantitative estimate of drug-likeness (QED) is 0.414. The van der Waals surface area contributed by atoms with Crippen molar-refractivity contribution in [1.29, 1.82) is 0 Å². The van der Waals surface area contributed by atoms with Gasteiger partial charge in [-0.15, -0.1) is 11.3 Å². The zero-order chi connectivity index (χ0) is 23.5. The lowest BCUT2D eigenvalue weighted by atomic mass is 10.1. The number of carbonyl (C=O) groups is 2. The summed E-state index contributed by atoms with van der Waals surface area (Å²) in [6, 6.07) is 22.3. The van der Waals surface area contributed by atoms with Gasteiger partial charge in [-0.3, -0.25) is 9.59 Å². The number of ether oxygens (including phenoxy) is 1. The molecule has 0 fully saturated rings. The number of benzene rings is 3. The molecule has 1 aliphatic heterocycles. The van der Waals surface area contributed by atoms with Crippen LogP contribution in [0.5, 0.6) is 5.75 Å². The van der Waals surface area contributed by atoms with E-state index in [-0.39, 0.29) is 18.4 Å². The molecule has 34 heavy (non-hydrogen) atoms. The Morgan fingerprint density at radius 3 is 2.65 bits per heavy atom. The Morgan fingerprint density at radius 2 is 1.85 bits per heavy atom. The summed E-state index contributed by atoms with van der Waals surface area (Å²) >= 11 is 1.63. The number of nitrogens with one attached hydrogen (secondary N) is 1. The first-order valence-electron chi connectivity index (χ1n) is 11.0. The van der Waals surface area contributed by atoms with Crippen LogP contribution in [0.15, 0.2) is 78.2 Å². The Balaban J connectivity index is 1.27. The monoisotopic (exact) mass is 469 g/mol. The van der Waals surface area contributed by atoms with Gasteiger partial charge in [-0.25, -0.2) is 4.98 Å². The van der Waals surface area contributed by atoms with Crippen LogP contribution in [0.3, 0.4) is 0 Å². The minimum atomic E-state index is -0.287. The number of hydrogen-bond acceptors (Lipinski definition) is 5. The number of amides is 2. The van der Waals surface area contributed by atoms with Crippen LogP contribution >= 0.6 is 11.3 Å². The van der Waals surface area contributed by atoms with Gasteiger partial charge in [-0.05, 0) is 55.3 Å². The lowest BCUT2D eigenvalue weighted by molar-refractivity contribution is -0.120. The van der Waals surface area contributed by atoms with Crippen molar-refractivity contribution in [1.82, 2.24) is 4.98 Å². The van der Waals surface area contributed by atoms with E-state index in [0.717, 1.165) is 33.9 Å². The molecule has 0 atom stereocenters. The third-order valence-corrected chi connectivity index (χ3v) is 6.48. The number of para-hydroxylation sites is 2. The van der Waals surface area contributed by atoms with Gasteiger partial charge in [-0.1, -0.05) is 36.4 Å². The molecule has 2 amide bonds. The standard InChI is InChI=1S/C27H23N3O3S/c1-18-28-23(17-34-18)19-11-12-24-20(15-19)13-14-30(24)26(31)16-33-25-10-6-5-9-22(25)27(32)29-21-7-3-2-4-8-21/h2-12,15,17H,13-14,16H2,1H3,(H,29,32). The van der Waals surface area contributed by atoms with Crippen LogP contribution in [0.4, 0.5) is 11.4 Å². The molecule has 7 heteroatoms. The molecule has 0 spiro atoms. The smallest absolute Gasteiger partial charge is 0.264 e. The third kappa shape index (κ3) is 4.56. The zero-order valence-corrected chi connectivity index (χ0v) is 19.5. The highest BCUT2D eigenvalue weighted by atomic mass is 32.1. The van der Waals surface area contributed by atoms with Gasteiger partial charge in [0.05, 0.1) is 16.3 Å². The molecule has 1 aliphatic rings. The average Bonchev–Trinajstić information content (AvgIpc) is 3.49. The van der Waals surface area contributed by atoms with Crippen LogP contribution in [-0.4, -0.2) is 29.9 Å². The van der Waals surface area contributed by atoms with Gasteiger partial charge < -0.3 is 15.0 Å². The van der Waals surface area contributed by atoms with E-state index in [4.69, 9.17) is 4.74 Å². The highest BCUT2D eigenvalue weighted by molar-refractivity contribution is 7.09. The fourth-order valence-electron chi connectivity index (χ4n) is 4.03. The predicted octanol–water partition coefficient (Wildman–Crippen LogP) is 5.34. The number of rotatable bonds is 6. The molecule has 2 heterocycles. The molecule has 3 aromatic carbocycles. The molecular weight excluding hydrogens is 446 g/mol. The lowest BCUT2D eigenvalue weighted by Crippen LogP contribution is -2.33. The van der Waals surface area contributed by atoms with E-state index >= 15 is 0 Å². The first-order valence-corrected chi connectivity index (χ1v) is 11.9. The van der Waals surface area contributed by atoms with Gasteiger partial charge in [0.2, 0.25) is 0 Å². The minimum absolute atomic E-state index is 0.144. The van der Waals surface area contributed by atoms with Crippen LogP contribution in [0.2, 0.25) is 0 Å². The van der Waals surface area contributed by atoms with Crippen molar-refractivity contribution in [2.45, 2.75) is 13.3 Å². The number of hydrogen-bond donors (Lipinski definition) is 1. The van der Waals surface area contributed by atoms with E-state index in [9.17, 15) is 9.59 Å². The number of nitrogens with zero attached hydrogens (tertiary/aromatic N) is 2. The first-order chi connectivity index (χ1) is 16.6. The van der Waals surface area contributed by atoms with Crippen molar-refractivity contribution in [3.05, 3.63) is 94.3 Å². The van der Waals surface area contributed by atoms with E-state index in [1.165, 1.54) is 0 Å². The van der Waals surface area contributed by atoms with Gasteiger partial charge >= 0.3 is 0 Å². The highest BCUT2D eigenvalue weighted by Gasteiger charge is 2.26. The molecule has 4 aromatic rings. The summed E-state index contributed by atoms with van der Waals surface area (Å²) in [7, 11) is 0. The number of aromatic nitrogens is 1. The second-order valence-corrected chi connectivity index (χ2v) is 9.06. The van der Waals surface area contributed by atoms with Crippen LogP contribution in [0.1, 0.15) is 20.9 Å². The SMILES string of the molecule is Cc1nc(-c2ccc3c(c2)CCN3C(=O)COc2ccccc2C(=O)Nc2ccccc2)cs1. The molecule has 0 saturated carbocycles. The summed E-state index contributed by atoms with van der Waals surface area (Å²) in [5, 5.41) is 5.94. The first kappa shape index (κ1) is 21.9. The fraction of sp³-hybridized carbons (Fsp3) is 0.148. The van der Waals surface area contributed by atoms with Crippen molar-refractivity contribution in [2.24, 2.45) is 0 Å². The summed E-state index contributed by atoms with van der Waals surface area (Å²) in [6.07, 6.45) is 0.786. The second-order valence-electron chi connectivity index (χ2n) is 8.00. The van der Waals surface area contributed by atoms with E-state index in [1.807, 2.05) is 54.8 Å². The van der Waals surface area contributed by atoms with Crippen molar-refractivity contribution in [2.75, 3.05) is 23.4 Å². The van der Waals surface area contributed by atoms with E-state index in [0.29, 0.717) is 23.5 Å². The van der Waals surface area contributed by atoms with E-state index in [2.05, 4.69) is 16.4 Å². The van der Waals surface area contributed by atoms with E-state index < -0.39 is 0 Å². The normalized spacial score (nSPS) is 12.3. The predicted molar refractivity (Wildman–Crippen MR) is 135 cm³/mol. The molecule has 170 valence electrons. The topological polar surface area (TPSA) is 71.5 Å². The van der Waals surface area contributed by atoms with Crippen LogP contribution < -0.4 is 15.0 Å². The molecule has 0 saturated heterocycles. The Hall–Kier alpha value is -3.97. The van der Waals surface area contributed by atoms with Crippen LogP contribution in [0, 0.1) is 6.92 Å². The molecule has 0 unspecified atom stereocenters. The van der Waals surface area contributed by atoms with Crippen LogP contribution in [0.25, 0.3) is 11.3 Å².